The summed E-state index contributed by atoms with van der Waals surface area (Å²) >= 11 is 1.56. The summed E-state index contributed by atoms with van der Waals surface area (Å²) < 4.78 is 5.57. The van der Waals surface area contributed by atoms with Gasteiger partial charge in [-0.05, 0) is 47.1 Å². The highest BCUT2D eigenvalue weighted by Gasteiger charge is 2.30. The fraction of sp³-hybridized carbons (Fsp3) is 0.400. The van der Waals surface area contributed by atoms with E-state index in [1.165, 1.54) is 0 Å². The van der Waals surface area contributed by atoms with Crippen LogP contribution in [0.3, 0.4) is 0 Å². The molecule has 2 aromatic rings. The predicted octanol–water partition coefficient (Wildman–Crippen LogP) is 4.02. The Labute approximate surface area is 198 Å². The number of ether oxygens (including phenoxy) is 1. The summed E-state index contributed by atoms with van der Waals surface area (Å²) in [6.45, 7) is 1.97. The second kappa shape index (κ2) is 11.7. The Kier molecular flexibility index (Phi) is 8.77. The Bertz CT molecular complexity index is 951. The molecule has 0 radical (unpaired) electrons. The van der Waals surface area contributed by atoms with Gasteiger partial charge in [-0.3, -0.25) is 9.59 Å². The molecule has 0 fully saturated rings. The van der Waals surface area contributed by atoms with Gasteiger partial charge in [-0.1, -0.05) is 55.5 Å². The van der Waals surface area contributed by atoms with E-state index < -0.39 is 30.1 Å². The van der Waals surface area contributed by atoms with E-state index >= 15 is 0 Å². The van der Waals surface area contributed by atoms with E-state index in [2.05, 4.69) is 22.8 Å². The lowest BCUT2D eigenvalue weighted by Gasteiger charge is -2.22. The molecule has 0 aromatic heterocycles. The minimum absolute atomic E-state index is 0.0679. The number of fused-ring (bicyclic) bond motifs is 3. The number of rotatable bonds is 11. The van der Waals surface area contributed by atoms with Crippen LogP contribution in [0.4, 0.5) is 4.79 Å². The van der Waals surface area contributed by atoms with E-state index in [4.69, 9.17) is 9.84 Å². The molecule has 0 unspecified atom stereocenters. The molecule has 0 saturated heterocycles. The van der Waals surface area contributed by atoms with Crippen LogP contribution >= 0.6 is 11.8 Å². The topological polar surface area (TPSA) is 105 Å². The van der Waals surface area contributed by atoms with Crippen LogP contribution in [0.15, 0.2) is 48.5 Å². The van der Waals surface area contributed by atoms with Gasteiger partial charge in [-0.15, -0.1) is 0 Å². The Hall–Kier alpha value is -3.00. The predicted molar refractivity (Wildman–Crippen MR) is 129 cm³/mol. The molecule has 2 amide bonds. The summed E-state index contributed by atoms with van der Waals surface area (Å²) in [5, 5.41) is 14.4. The first-order chi connectivity index (χ1) is 15.9. The maximum absolute atomic E-state index is 12.7. The standard InChI is InChI=1S/C25H30N2O5S/c1-3-16(14-23(28)29)26-24(30)22(12-13-33-2)27-25(31)32-15-21-19-10-6-4-8-17(19)18-9-5-7-11-20(18)21/h4-11,16,21-22H,3,12-15H2,1-2H3,(H,26,30)(H,27,31)(H,28,29)/t16-,22-/m0/s1. The second-order valence-corrected chi connectivity index (χ2v) is 9.00. The fourth-order valence-electron chi connectivity index (χ4n) is 4.10. The first kappa shape index (κ1) is 24.6. The van der Waals surface area contributed by atoms with Crippen molar-refractivity contribution in [2.75, 3.05) is 18.6 Å². The molecular weight excluding hydrogens is 440 g/mol. The first-order valence-corrected chi connectivity index (χ1v) is 12.5. The summed E-state index contributed by atoms with van der Waals surface area (Å²) in [7, 11) is 0. The van der Waals surface area contributed by atoms with Crippen molar-refractivity contribution in [3.8, 4) is 11.1 Å². The van der Waals surface area contributed by atoms with Gasteiger partial charge in [0.2, 0.25) is 5.91 Å². The van der Waals surface area contributed by atoms with Crippen molar-refractivity contribution in [1.82, 2.24) is 10.6 Å². The highest BCUT2D eigenvalue weighted by molar-refractivity contribution is 7.98. The van der Waals surface area contributed by atoms with Gasteiger partial charge in [0.25, 0.3) is 0 Å². The Balaban J connectivity index is 1.64. The zero-order chi connectivity index (χ0) is 23.8. The highest BCUT2D eigenvalue weighted by Crippen LogP contribution is 2.44. The molecule has 0 heterocycles. The van der Waals surface area contributed by atoms with Crippen LogP contribution in [0.25, 0.3) is 11.1 Å². The average Bonchev–Trinajstić information content (AvgIpc) is 3.13. The summed E-state index contributed by atoms with van der Waals surface area (Å²) in [5.74, 6) is -0.781. The van der Waals surface area contributed by atoms with Crippen LogP contribution in [0.1, 0.15) is 43.2 Å². The number of aliphatic carboxylic acids is 1. The number of amides is 2. The Morgan fingerprint density at radius 3 is 2.18 bits per heavy atom. The third-order valence-corrected chi connectivity index (χ3v) is 6.47. The van der Waals surface area contributed by atoms with Crippen molar-refractivity contribution in [2.45, 2.75) is 44.2 Å². The van der Waals surface area contributed by atoms with Gasteiger partial charge in [0, 0.05) is 12.0 Å². The number of benzene rings is 2. The molecule has 0 aliphatic heterocycles. The molecule has 0 saturated carbocycles. The van der Waals surface area contributed by atoms with Crippen LogP contribution in [-0.2, 0) is 14.3 Å². The van der Waals surface area contributed by atoms with E-state index in [1.54, 1.807) is 11.8 Å². The van der Waals surface area contributed by atoms with Gasteiger partial charge in [0.15, 0.2) is 0 Å². The summed E-state index contributed by atoms with van der Waals surface area (Å²) in [6.07, 6.45) is 1.99. The Morgan fingerprint density at radius 1 is 1.03 bits per heavy atom. The molecule has 0 bridgehead atoms. The molecule has 1 aliphatic rings. The number of carbonyl (C=O) groups is 3. The van der Waals surface area contributed by atoms with Gasteiger partial charge in [-0.2, -0.15) is 11.8 Å². The van der Waals surface area contributed by atoms with Gasteiger partial charge < -0.3 is 20.5 Å². The molecule has 3 N–H and O–H groups in total. The van der Waals surface area contributed by atoms with Gasteiger partial charge in [0.1, 0.15) is 12.6 Å². The lowest BCUT2D eigenvalue weighted by molar-refractivity contribution is -0.137. The molecule has 3 rings (SSSR count). The molecular formula is C25H30N2O5S. The molecule has 0 spiro atoms. The lowest BCUT2D eigenvalue weighted by Crippen LogP contribution is -2.50. The second-order valence-electron chi connectivity index (χ2n) is 8.02. The molecule has 176 valence electrons. The number of carboxylic acids is 1. The third kappa shape index (κ3) is 6.28. The number of carboxylic acid groups (broad SMARTS) is 1. The van der Waals surface area contributed by atoms with Gasteiger partial charge in [0.05, 0.1) is 6.42 Å². The number of thioether (sulfide) groups is 1. The number of hydrogen-bond donors (Lipinski definition) is 3. The van der Waals surface area contributed by atoms with Crippen molar-refractivity contribution < 1.29 is 24.2 Å². The largest absolute Gasteiger partial charge is 0.481 e. The maximum atomic E-state index is 12.7. The van der Waals surface area contributed by atoms with Crippen molar-refractivity contribution in [2.24, 2.45) is 0 Å². The minimum atomic E-state index is -0.979. The van der Waals surface area contributed by atoms with Crippen molar-refractivity contribution >= 4 is 29.7 Å². The molecule has 33 heavy (non-hydrogen) atoms. The van der Waals surface area contributed by atoms with Crippen LogP contribution in [-0.4, -0.2) is 53.8 Å². The van der Waals surface area contributed by atoms with E-state index in [0.29, 0.717) is 18.6 Å². The quantitative estimate of drug-likeness (QED) is 0.458. The fourth-order valence-corrected chi connectivity index (χ4v) is 4.57. The van der Waals surface area contributed by atoms with E-state index in [1.807, 2.05) is 49.6 Å². The van der Waals surface area contributed by atoms with E-state index in [-0.39, 0.29) is 18.9 Å². The first-order valence-electron chi connectivity index (χ1n) is 11.1. The third-order valence-electron chi connectivity index (χ3n) is 5.82. The number of alkyl carbamates (subject to hydrolysis) is 1. The van der Waals surface area contributed by atoms with E-state index in [9.17, 15) is 14.4 Å². The zero-order valence-electron chi connectivity index (χ0n) is 18.9. The van der Waals surface area contributed by atoms with Gasteiger partial charge >= 0.3 is 12.1 Å². The monoisotopic (exact) mass is 470 g/mol. The number of hydrogen-bond acceptors (Lipinski definition) is 5. The summed E-state index contributed by atoms with van der Waals surface area (Å²) in [5.41, 5.74) is 4.51. The Morgan fingerprint density at radius 2 is 1.64 bits per heavy atom. The van der Waals surface area contributed by atoms with Crippen LogP contribution in [0, 0.1) is 0 Å². The zero-order valence-corrected chi connectivity index (χ0v) is 19.7. The molecule has 8 heteroatoms. The summed E-state index contributed by atoms with van der Waals surface area (Å²) in [4.78, 5) is 36.4. The van der Waals surface area contributed by atoms with Crippen molar-refractivity contribution in [3.63, 3.8) is 0 Å². The molecule has 2 aromatic carbocycles. The van der Waals surface area contributed by atoms with Crippen LogP contribution in [0.5, 0.6) is 0 Å². The van der Waals surface area contributed by atoms with Crippen LogP contribution < -0.4 is 10.6 Å². The van der Waals surface area contributed by atoms with Crippen molar-refractivity contribution in [1.29, 1.82) is 0 Å². The smallest absolute Gasteiger partial charge is 0.407 e. The van der Waals surface area contributed by atoms with Gasteiger partial charge in [-0.25, -0.2) is 4.79 Å². The summed E-state index contributed by atoms with van der Waals surface area (Å²) in [6, 6.07) is 14.9. The number of nitrogens with one attached hydrogen (secondary N) is 2. The normalized spacial score (nSPS) is 14.0. The lowest BCUT2D eigenvalue weighted by atomic mass is 9.98. The average molecular weight is 471 g/mol. The van der Waals surface area contributed by atoms with Crippen molar-refractivity contribution in [3.05, 3.63) is 59.7 Å². The molecule has 2 atom stereocenters. The molecule has 1 aliphatic carbocycles. The van der Waals surface area contributed by atoms with E-state index in [0.717, 1.165) is 22.3 Å². The maximum Gasteiger partial charge on any atom is 0.407 e. The van der Waals surface area contributed by atoms with Crippen LogP contribution in [0.2, 0.25) is 0 Å². The molecule has 7 nitrogen and oxygen atoms in total. The minimum Gasteiger partial charge on any atom is -0.481 e. The highest BCUT2D eigenvalue weighted by atomic mass is 32.2. The SMILES string of the molecule is CC[C@@H](CC(=O)O)NC(=O)[C@H](CCSC)NC(=O)OCC1c2ccccc2-c2ccccc21. The number of carbonyl (C=O) groups excluding carboxylic acids is 2.